The molecule has 1 amide bonds. The Hall–Kier alpha value is -2.81. The number of amides is 1. The fraction of sp³-hybridized carbons (Fsp3) is 0.105. The SMILES string of the molecule is CC(NC(=O)c1ccccc1-c1ccc[nH]1)c1ccccc1. The number of benzene rings is 2. The first-order valence-corrected chi connectivity index (χ1v) is 7.34. The molecular formula is C19H18N2O. The Morgan fingerprint density at radius 3 is 2.41 bits per heavy atom. The molecule has 3 aromatic rings. The van der Waals surface area contributed by atoms with E-state index in [1.165, 1.54) is 0 Å². The smallest absolute Gasteiger partial charge is 0.252 e. The maximum absolute atomic E-state index is 12.6. The summed E-state index contributed by atoms with van der Waals surface area (Å²) < 4.78 is 0. The summed E-state index contributed by atoms with van der Waals surface area (Å²) in [4.78, 5) is 15.8. The topological polar surface area (TPSA) is 44.9 Å². The molecule has 0 bridgehead atoms. The van der Waals surface area contributed by atoms with Crippen LogP contribution < -0.4 is 5.32 Å². The minimum Gasteiger partial charge on any atom is -0.361 e. The van der Waals surface area contributed by atoms with E-state index in [1.807, 2.05) is 79.9 Å². The number of carbonyl (C=O) groups excluding carboxylic acids is 1. The lowest BCUT2D eigenvalue weighted by atomic mass is 10.0. The predicted octanol–water partition coefficient (Wildman–Crippen LogP) is 4.17. The lowest BCUT2D eigenvalue weighted by molar-refractivity contribution is 0.0940. The van der Waals surface area contributed by atoms with E-state index in [9.17, 15) is 4.79 Å². The molecule has 0 radical (unpaired) electrons. The first-order chi connectivity index (χ1) is 10.8. The summed E-state index contributed by atoms with van der Waals surface area (Å²) in [6.07, 6.45) is 1.86. The molecule has 1 unspecified atom stereocenters. The maximum atomic E-state index is 12.6. The fourth-order valence-corrected chi connectivity index (χ4v) is 2.51. The van der Waals surface area contributed by atoms with Crippen molar-refractivity contribution in [3.05, 3.63) is 84.1 Å². The van der Waals surface area contributed by atoms with E-state index in [2.05, 4.69) is 10.3 Å². The Morgan fingerprint density at radius 1 is 0.955 bits per heavy atom. The molecule has 2 N–H and O–H groups in total. The van der Waals surface area contributed by atoms with Gasteiger partial charge in [-0.05, 0) is 30.7 Å². The Kier molecular flexibility index (Phi) is 4.05. The van der Waals surface area contributed by atoms with Gasteiger partial charge in [0.15, 0.2) is 0 Å². The molecule has 1 aromatic heterocycles. The zero-order valence-corrected chi connectivity index (χ0v) is 12.4. The summed E-state index contributed by atoms with van der Waals surface area (Å²) in [6, 6.07) is 21.4. The average molecular weight is 290 g/mol. The molecule has 3 heteroatoms. The molecule has 1 heterocycles. The van der Waals surface area contributed by atoms with Crippen LogP contribution in [0.2, 0.25) is 0 Å². The number of aromatic amines is 1. The van der Waals surface area contributed by atoms with Crippen LogP contribution in [-0.2, 0) is 0 Å². The highest BCUT2D eigenvalue weighted by atomic mass is 16.1. The second-order valence-corrected chi connectivity index (χ2v) is 5.24. The van der Waals surface area contributed by atoms with E-state index in [0.29, 0.717) is 5.56 Å². The van der Waals surface area contributed by atoms with E-state index in [-0.39, 0.29) is 11.9 Å². The van der Waals surface area contributed by atoms with Gasteiger partial charge in [0.2, 0.25) is 0 Å². The first-order valence-electron chi connectivity index (χ1n) is 7.34. The lowest BCUT2D eigenvalue weighted by Gasteiger charge is -2.15. The standard InChI is InChI=1S/C19H18N2O/c1-14(15-8-3-2-4-9-15)21-19(22)17-11-6-5-10-16(17)18-12-7-13-20-18/h2-14,20H,1H3,(H,21,22). The molecular weight excluding hydrogens is 272 g/mol. The van der Waals surface area contributed by atoms with Gasteiger partial charge >= 0.3 is 0 Å². The minimum atomic E-state index is -0.0680. The highest BCUT2D eigenvalue weighted by Crippen LogP contribution is 2.22. The van der Waals surface area contributed by atoms with Gasteiger partial charge in [-0.3, -0.25) is 4.79 Å². The number of H-pyrrole nitrogens is 1. The van der Waals surface area contributed by atoms with Crippen LogP contribution in [0.3, 0.4) is 0 Å². The summed E-state index contributed by atoms with van der Waals surface area (Å²) in [5, 5.41) is 3.06. The predicted molar refractivity (Wildman–Crippen MR) is 88.6 cm³/mol. The van der Waals surface area contributed by atoms with E-state index in [0.717, 1.165) is 16.8 Å². The zero-order valence-electron chi connectivity index (χ0n) is 12.4. The van der Waals surface area contributed by atoms with E-state index in [1.54, 1.807) is 0 Å². The summed E-state index contributed by atoms with van der Waals surface area (Å²) in [7, 11) is 0. The zero-order chi connectivity index (χ0) is 15.4. The third-order valence-electron chi connectivity index (χ3n) is 3.71. The molecule has 3 rings (SSSR count). The number of rotatable bonds is 4. The van der Waals surface area contributed by atoms with Crippen molar-refractivity contribution in [2.45, 2.75) is 13.0 Å². The third-order valence-corrected chi connectivity index (χ3v) is 3.71. The highest BCUT2D eigenvalue weighted by Gasteiger charge is 2.15. The van der Waals surface area contributed by atoms with Gasteiger partial charge in [-0.25, -0.2) is 0 Å². The van der Waals surface area contributed by atoms with Crippen molar-refractivity contribution in [1.29, 1.82) is 0 Å². The van der Waals surface area contributed by atoms with Crippen molar-refractivity contribution in [3.8, 4) is 11.3 Å². The fourth-order valence-electron chi connectivity index (χ4n) is 2.51. The Balaban J connectivity index is 1.84. The van der Waals surface area contributed by atoms with Crippen molar-refractivity contribution in [2.75, 3.05) is 0 Å². The second-order valence-electron chi connectivity index (χ2n) is 5.24. The summed E-state index contributed by atoms with van der Waals surface area (Å²) in [5.41, 5.74) is 3.62. The highest BCUT2D eigenvalue weighted by molar-refractivity contribution is 6.00. The van der Waals surface area contributed by atoms with E-state index >= 15 is 0 Å². The van der Waals surface area contributed by atoms with Crippen LogP contribution in [0.4, 0.5) is 0 Å². The molecule has 22 heavy (non-hydrogen) atoms. The Bertz CT molecular complexity index is 748. The van der Waals surface area contributed by atoms with Gasteiger partial charge in [0, 0.05) is 23.0 Å². The number of nitrogens with one attached hydrogen (secondary N) is 2. The molecule has 0 saturated heterocycles. The number of hydrogen-bond donors (Lipinski definition) is 2. The molecule has 0 spiro atoms. The number of aromatic nitrogens is 1. The average Bonchev–Trinajstić information content (AvgIpc) is 3.10. The van der Waals surface area contributed by atoms with Gasteiger partial charge in [0.05, 0.1) is 6.04 Å². The van der Waals surface area contributed by atoms with Crippen molar-refractivity contribution in [2.24, 2.45) is 0 Å². The molecule has 0 fully saturated rings. The summed E-state index contributed by atoms with van der Waals surface area (Å²) in [6.45, 7) is 1.99. The van der Waals surface area contributed by atoms with Gasteiger partial charge in [0.1, 0.15) is 0 Å². The lowest BCUT2D eigenvalue weighted by Crippen LogP contribution is -2.27. The second kappa shape index (κ2) is 6.31. The van der Waals surface area contributed by atoms with Crippen molar-refractivity contribution in [3.63, 3.8) is 0 Å². The Labute approximate surface area is 130 Å². The van der Waals surface area contributed by atoms with Crippen molar-refractivity contribution in [1.82, 2.24) is 10.3 Å². The molecule has 0 aliphatic heterocycles. The van der Waals surface area contributed by atoms with Crippen molar-refractivity contribution < 1.29 is 4.79 Å². The summed E-state index contributed by atoms with van der Waals surface area (Å²) in [5.74, 6) is -0.0680. The number of carbonyl (C=O) groups is 1. The van der Waals surface area contributed by atoms with Gasteiger partial charge < -0.3 is 10.3 Å². The van der Waals surface area contributed by atoms with E-state index < -0.39 is 0 Å². The van der Waals surface area contributed by atoms with Crippen LogP contribution in [0.15, 0.2) is 72.9 Å². The van der Waals surface area contributed by atoms with Crippen LogP contribution in [-0.4, -0.2) is 10.9 Å². The van der Waals surface area contributed by atoms with E-state index in [4.69, 9.17) is 0 Å². The Morgan fingerprint density at radius 2 is 1.68 bits per heavy atom. The van der Waals surface area contributed by atoms with Crippen LogP contribution in [0.1, 0.15) is 28.9 Å². The monoisotopic (exact) mass is 290 g/mol. The first kappa shape index (κ1) is 14.1. The van der Waals surface area contributed by atoms with Crippen LogP contribution in [0.5, 0.6) is 0 Å². The molecule has 1 atom stereocenters. The normalized spacial score (nSPS) is 11.9. The van der Waals surface area contributed by atoms with Crippen molar-refractivity contribution >= 4 is 5.91 Å². The van der Waals surface area contributed by atoms with Crippen LogP contribution in [0, 0.1) is 0 Å². The molecule has 3 nitrogen and oxygen atoms in total. The molecule has 0 saturated carbocycles. The van der Waals surface area contributed by atoms with Gasteiger partial charge in [0.25, 0.3) is 5.91 Å². The van der Waals surface area contributed by atoms with Gasteiger partial charge in [-0.1, -0.05) is 48.5 Å². The third kappa shape index (κ3) is 2.93. The number of hydrogen-bond acceptors (Lipinski definition) is 1. The van der Waals surface area contributed by atoms with Gasteiger partial charge in [-0.15, -0.1) is 0 Å². The quantitative estimate of drug-likeness (QED) is 0.744. The molecule has 0 aliphatic rings. The minimum absolute atomic E-state index is 0.0367. The summed E-state index contributed by atoms with van der Waals surface area (Å²) >= 11 is 0. The molecule has 2 aromatic carbocycles. The largest absolute Gasteiger partial charge is 0.361 e. The molecule has 110 valence electrons. The van der Waals surface area contributed by atoms with Crippen LogP contribution in [0.25, 0.3) is 11.3 Å². The van der Waals surface area contributed by atoms with Crippen LogP contribution >= 0.6 is 0 Å². The molecule has 0 aliphatic carbocycles. The van der Waals surface area contributed by atoms with Gasteiger partial charge in [-0.2, -0.15) is 0 Å². The maximum Gasteiger partial charge on any atom is 0.252 e.